The largest absolute Gasteiger partial charge is 0.326 e. The van der Waals surface area contributed by atoms with E-state index in [1.165, 1.54) is 34.9 Å². The summed E-state index contributed by atoms with van der Waals surface area (Å²) in [6.45, 7) is 0.237. The van der Waals surface area contributed by atoms with Gasteiger partial charge in [-0.05, 0) is 30.3 Å². The maximum Gasteiger partial charge on any atom is 0.271 e. The van der Waals surface area contributed by atoms with Crippen molar-refractivity contribution in [2.24, 2.45) is 4.99 Å². The van der Waals surface area contributed by atoms with Crippen molar-refractivity contribution in [3.63, 3.8) is 0 Å². The number of hydrogen-bond donors (Lipinski definition) is 1. The normalized spacial score (nSPS) is 16.7. The number of aromatic nitrogens is 1. The van der Waals surface area contributed by atoms with Crippen molar-refractivity contribution in [3.8, 4) is 0 Å². The highest BCUT2D eigenvalue weighted by molar-refractivity contribution is 8.15. The number of non-ortho nitro benzene ring substituents is 1. The Bertz CT molecular complexity index is 1200. The molecule has 3 aromatic rings. The molecule has 2 aromatic carbocycles. The van der Waals surface area contributed by atoms with E-state index in [2.05, 4.69) is 15.3 Å². The molecule has 33 heavy (non-hydrogen) atoms. The number of nitro benzene ring substituents is 1. The average Bonchev–Trinajstić information content (AvgIpc) is 3.09. The Labute approximate surface area is 193 Å². The van der Waals surface area contributed by atoms with Crippen LogP contribution < -0.4 is 5.32 Å². The van der Waals surface area contributed by atoms with Gasteiger partial charge in [-0.25, -0.2) is 4.99 Å². The number of thioether (sulfide) groups is 1. The number of nitro groups is 1. The summed E-state index contributed by atoms with van der Waals surface area (Å²) in [6.07, 6.45) is 1.56. The second kappa shape index (κ2) is 10.0. The van der Waals surface area contributed by atoms with E-state index in [4.69, 9.17) is 0 Å². The molecule has 2 amide bonds. The van der Waals surface area contributed by atoms with Crippen molar-refractivity contribution >= 4 is 45.8 Å². The minimum atomic E-state index is -0.671. The lowest BCUT2D eigenvalue weighted by Gasteiger charge is -2.16. The Balaban J connectivity index is 1.51. The third kappa shape index (κ3) is 5.60. The second-order valence-electron chi connectivity index (χ2n) is 7.14. The number of carbonyl (C=O) groups excluding carboxylic acids is 2. The number of nitrogens with zero attached hydrogens (tertiary/aromatic N) is 4. The standard InChI is InChI=1S/C23H19N5O4S/c29-21(25-17-10-6-11-19(13-17)28(31)32)14-20-22(30)27(15-18-9-4-5-12-24-18)23(33-20)26-16-7-2-1-3-8-16/h1-13,20H,14-15H2,(H,25,29). The van der Waals surface area contributed by atoms with Crippen molar-refractivity contribution in [3.05, 3.63) is 94.8 Å². The molecule has 0 bridgehead atoms. The first-order valence-corrected chi connectivity index (χ1v) is 10.9. The van der Waals surface area contributed by atoms with Crippen LogP contribution in [0.25, 0.3) is 0 Å². The number of amides is 2. The zero-order chi connectivity index (χ0) is 23.2. The quantitative estimate of drug-likeness (QED) is 0.417. The second-order valence-corrected chi connectivity index (χ2v) is 8.31. The van der Waals surface area contributed by atoms with Crippen LogP contribution >= 0.6 is 11.8 Å². The van der Waals surface area contributed by atoms with Crippen LogP contribution in [0.3, 0.4) is 0 Å². The Kier molecular flexibility index (Phi) is 6.75. The lowest BCUT2D eigenvalue weighted by molar-refractivity contribution is -0.384. The molecule has 1 saturated heterocycles. The van der Waals surface area contributed by atoms with Gasteiger partial charge < -0.3 is 5.32 Å². The smallest absolute Gasteiger partial charge is 0.271 e. The average molecular weight is 462 g/mol. The monoisotopic (exact) mass is 461 g/mol. The molecule has 9 nitrogen and oxygen atoms in total. The summed E-state index contributed by atoms with van der Waals surface area (Å²) in [5.74, 6) is -0.658. The molecular formula is C23H19N5O4S. The predicted molar refractivity (Wildman–Crippen MR) is 126 cm³/mol. The van der Waals surface area contributed by atoms with Crippen molar-refractivity contribution in [1.82, 2.24) is 9.88 Å². The molecule has 1 N–H and O–H groups in total. The molecule has 4 rings (SSSR count). The summed E-state index contributed by atoms with van der Waals surface area (Å²) in [5, 5.41) is 13.4. The summed E-state index contributed by atoms with van der Waals surface area (Å²) in [6, 6.07) is 20.4. The topological polar surface area (TPSA) is 118 Å². The highest BCUT2D eigenvalue weighted by atomic mass is 32.2. The van der Waals surface area contributed by atoms with E-state index in [1.807, 2.05) is 42.5 Å². The summed E-state index contributed by atoms with van der Waals surface area (Å²) in [7, 11) is 0. The van der Waals surface area contributed by atoms with Gasteiger partial charge in [0, 0.05) is 30.4 Å². The number of benzene rings is 2. The van der Waals surface area contributed by atoms with Crippen LogP contribution in [-0.4, -0.2) is 37.0 Å². The molecule has 2 heterocycles. The molecular weight excluding hydrogens is 442 g/mol. The molecule has 1 atom stereocenters. The van der Waals surface area contributed by atoms with Crippen LogP contribution in [0.4, 0.5) is 17.1 Å². The number of carbonyl (C=O) groups is 2. The Hall–Kier alpha value is -4.05. The molecule has 1 fully saturated rings. The number of aliphatic imine (C=N–C) groups is 1. The minimum Gasteiger partial charge on any atom is -0.326 e. The van der Waals surface area contributed by atoms with Crippen molar-refractivity contribution in [2.45, 2.75) is 18.2 Å². The first-order valence-electron chi connectivity index (χ1n) is 10.1. The highest BCUT2D eigenvalue weighted by Gasteiger charge is 2.39. The number of pyridine rings is 1. The van der Waals surface area contributed by atoms with Crippen LogP contribution in [0.15, 0.2) is 84.0 Å². The van der Waals surface area contributed by atoms with Crippen LogP contribution in [0.2, 0.25) is 0 Å². The molecule has 1 unspecified atom stereocenters. The van der Waals surface area contributed by atoms with Gasteiger partial charge >= 0.3 is 0 Å². The number of rotatable bonds is 7. The fourth-order valence-corrected chi connectivity index (χ4v) is 4.37. The summed E-state index contributed by atoms with van der Waals surface area (Å²) < 4.78 is 0. The molecule has 1 aromatic heterocycles. The van der Waals surface area contributed by atoms with E-state index in [1.54, 1.807) is 18.3 Å². The lowest BCUT2D eigenvalue weighted by Crippen LogP contribution is -2.33. The van der Waals surface area contributed by atoms with Gasteiger partial charge in [0.1, 0.15) is 5.25 Å². The van der Waals surface area contributed by atoms with Gasteiger partial charge in [-0.1, -0.05) is 42.1 Å². The minimum absolute atomic E-state index is 0.0985. The predicted octanol–water partition coefficient (Wildman–Crippen LogP) is 4.15. The maximum absolute atomic E-state index is 13.2. The summed E-state index contributed by atoms with van der Waals surface area (Å²) >= 11 is 1.22. The van der Waals surface area contributed by atoms with Crippen molar-refractivity contribution < 1.29 is 14.5 Å². The van der Waals surface area contributed by atoms with E-state index < -0.39 is 16.1 Å². The van der Waals surface area contributed by atoms with Crippen molar-refractivity contribution in [2.75, 3.05) is 5.32 Å². The molecule has 0 saturated carbocycles. The number of anilines is 1. The lowest BCUT2D eigenvalue weighted by atomic mass is 10.2. The Morgan fingerprint density at radius 3 is 2.64 bits per heavy atom. The Morgan fingerprint density at radius 2 is 1.91 bits per heavy atom. The van der Waals surface area contributed by atoms with E-state index in [9.17, 15) is 19.7 Å². The van der Waals surface area contributed by atoms with Gasteiger partial charge in [0.15, 0.2) is 5.17 Å². The summed E-state index contributed by atoms with van der Waals surface area (Å²) in [5.41, 5.74) is 1.57. The number of nitrogens with one attached hydrogen (secondary N) is 1. The van der Waals surface area contributed by atoms with E-state index in [-0.39, 0.29) is 24.6 Å². The third-order valence-corrected chi connectivity index (χ3v) is 5.93. The fraction of sp³-hybridized carbons (Fsp3) is 0.130. The van der Waals surface area contributed by atoms with Gasteiger partial charge in [-0.2, -0.15) is 0 Å². The Morgan fingerprint density at radius 1 is 1.12 bits per heavy atom. The number of hydrogen-bond acceptors (Lipinski definition) is 7. The number of para-hydroxylation sites is 1. The molecule has 0 spiro atoms. The van der Waals surface area contributed by atoms with Gasteiger partial charge in [0.25, 0.3) is 5.69 Å². The fourth-order valence-electron chi connectivity index (χ4n) is 3.21. The van der Waals surface area contributed by atoms with Crippen LogP contribution in [0.1, 0.15) is 12.1 Å². The first kappa shape index (κ1) is 22.2. The maximum atomic E-state index is 13.2. The van der Waals surface area contributed by atoms with Crippen LogP contribution in [0, 0.1) is 10.1 Å². The molecule has 10 heteroatoms. The van der Waals surface area contributed by atoms with E-state index in [0.29, 0.717) is 22.2 Å². The van der Waals surface area contributed by atoms with Gasteiger partial charge in [0.05, 0.1) is 22.8 Å². The zero-order valence-corrected chi connectivity index (χ0v) is 18.1. The third-order valence-electron chi connectivity index (χ3n) is 4.76. The summed E-state index contributed by atoms with van der Waals surface area (Å²) in [4.78, 5) is 46.6. The number of amidine groups is 1. The van der Waals surface area contributed by atoms with Crippen molar-refractivity contribution in [1.29, 1.82) is 0 Å². The van der Waals surface area contributed by atoms with Gasteiger partial charge in [0.2, 0.25) is 11.8 Å². The van der Waals surface area contributed by atoms with E-state index >= 15 is 0 Å². The molecule has 0 aliphatic carbocycles. The first-order chi connectivity index (χ1) is 16.0. The molecule has 0 radical (unpaired) electrons. The zero-order valence-electron chi connectivity index (χ0n) is 17.3. The molecule has 1 aliphatic rings. The van der Waals surface area contributed by atoms with Crippen LogP contribution in [0.5, 0.6) is 0 Å². The van der Waals surface area contributed by atoms with E-state index in [0.717, 1.165) is 0 Å². The van der Waals surface area contributed by atoms with Gasteiger partial charge in [-0.3, -0.25) is 29.6 Å². The molecule has 166 valence electrons. The SMILES string of the molecule is O=C(CC1SC(=Nc2ccccc2)N(Cc2ccccn2)C1=O)Nc1cccc([N+](=O)[O-])c1. The molecule has 1 aliphatic heterocycles. The highest BCUT2D eigenvalue weighted by Crippen LogP contribution is 2.33. The van der Waals surface area contributed by atoms with Gasteiger partial charge in [-0.15, -0.1) is 0 Å². The van der Waals surface area contributed by atoms with Crippen LogP contribution in [-0.2, 0) is 16.1 Å².